The molecule has 0 aromatic rings. The Morgan fingerprint density at radius 2 is 1.82 bits per heavy atom. The van der Waals surface area contributed by atoms with Gasteiger partial charge in [-0.3, -0.25) is 14.4 Å². The quantitative estimate of drug-likeness (QED) is 0.485. The smallest absolute Gasteiger partial charge is 0.313 e. The first-order valence-electron chi connectivity index (χ1n) is 12.9. The van der Waals surface area contributed by atoms with Crippen molar-refractivity contribution in [2.24, 2.45) is 11.8 Å². The Bertz CT molecular complexity index is 907. The molecule has 34 heavy (non-hydrogen) atoms. The molecule has 0 bridgehead atoms. The standard InChI is InChI=1S/C26H36N2O6/c1-3-17(16-29)28-21-23(31)27(18-10-6-5-7-11-18)14-8-13-26(21)19(22(28)30)20-24(32)33-15-9-12-25(20,4-2)34-26/h8-9,12-13,17-21,29H,3-7,10-11,14-16H2,1-2H3/t17-,19-,20+,21?,25-,26-/m0/s1. The third kappa shape index (κ3) is 3.21. The molecule has 5 aliphatic rings. The molecule has 4 heterocycles. The van der Waals surface area contributed by atoms with Gasteiger partial charge in [-0.25, -0.2) is 0 Å². The van der Waals surface area contributed by atoms with Crippen LogP contribution in [0.15, 0.2) is 24.3 Å². The van der Waals surface area contributed by atoms with Crippen molar-refractivity contribution in [1.29, 1.82) is 0 Å². The van der Waals surface area contributed by atoms with Crippen LogP contribution in [0.4, 0.5) is 0 Å². The summed E-state index contributed by atoms with van der Waals surface area (Å²) in [6, 6.07) is -1.32. The van der Waals surface area contributed by atoms with Gasteiger partial charge < -0.3 is 24.4 Å². The van der Waals surface area contributed by atoms with E-state index >= 15 is 0 Å². The van der Waals surface area contributed by atoms with Gasteiger partial charge in [-0.2, -0.15) is 0 Å². The summed E-state index contributed by atoms with van der Waals surface area (Å²) in [5, 5.41) is 10.2. The molecule has 3 fully saturated rings. The zero-order valence-electron chi connectivity index (χ0n) is 20.2. The number of fused-ring (bicyclic) bond motifs is 2. The fourth-order valence-electron chi connectivity index (χ4n) is 7.08. The van der Waals surface area contributed by atoms with E-state index in [4.69, 9.17) is 9.47 Å². The zero-order valence-corrected chi connectivity index (χ0v) is 20.2. The van der Waals surface area contributed by atoms with Crippen LogP contribution in [0.2, 0.25) is 0 Å². The Kier molecular flexibility index (Phi) is 6.09. The summed E-state index contributed by atoms with van der Waals surface area (Å²) < 4.78 is 12.3. The highest BCUT2D eigenvalue weighted by molar-refractivity contribution is 5.99. The number of carbonyl (C=O) groups excluding carboxylic acids is 3. The van der Waals surface area contributed by atoms with Crippen molar-refractivity contribution in [3.63, 3.8) is 0 Å². The normalized spacial score (nSPS) is 38.8. The molecule has 186 valence electrons. The molecule has 6 atom stereocenters. The van der Waals surface area contributed by atoms with Crippen LogP contribution in [-0.4, -0.2) is 81.8 Å². The molecule has 8 heteroatoms. The monoisotopic (exact) mass is 472 g/mol. The maximum atomic E-state index is 14.3. The van der Waals surface area contributed by atoms with E-state index in [0.717, 1.165) is 25.7 Å². The van der Waals surface area contributed by atoms with E-state index in [9.17, 15) is 19.5 Å². The van der Waals surface area contributed by atoms with Gasteiger partial charge >= 0.3 is 5.97 Å². The molecule has 1 aliphatic carbocycles. The molecule has 2 saturated heterocycles. The Labute approximate surface area is 200 Å². The van der Waals surface area contributed by atoms with Gasteiger partial charge in [-0.05, 0) is 31.8 Å². The molecule has 4 aliphatic heterocycles. The first kappa shape index (κ1) is 23.5. The van der Waals surface area contributed by atoms with E-state index in [0.29, 0.717) is 19.4 Å². The van der Waals surface area contributed by atoms with Crippen LogP contribution in [-0.2, 0) is 23.9 Å². The number of esters is 1. The first-order chi connectivity index (χ1) is 16.4. The third-order valence-corrected chi connectivity index (χ3v) is 8.76. The van der Waals surface area contributed by atoms with Crippen LogP contribution in [0.3, 0.4) is 0 Å². The zero-order chi connectivity index (χ0) is 24.1. The number of aliphatic hydroxyl groups excluding tert-OH is 1. The number of nitrogens with zero attached hydrogens (tertiary/aromatic N) is 2. The Morgan fingerprint density at radius 3 is 2.50 bits per heavy atom. The molecule has 1 spiro atoms. The van der Waals surface area contributed by atoms with Gasteiger partial charge in [0.25, 0.3) is 0 Å². The maximum Gasteiger partial charge on any atom is 0.313 e. The third-order valence-electron chi connectivity index (χ3n) is 8.76. The molecule has 1 unspecified atom stereocenters. The maximum absolute atomic E-state index is 14.3. The van der Waals surface area contributed by atoms with Gasteiger partial charge in [0.15, 0.2) is 0 Å². The SMILES string of the molecule is CC[C@@H](CO)N1C(=O)[C@@H]2[C@@H]3C(=O)OCC=C[C@]3(CC)O[C@@]23C=CCN(C2CCCCC2)C(=O)C13. The van der Waals surface area contributed by atoms with Gasteiger partial charge in [0.1, 0.15) is 29.8 Å². The second-order valence-corrected chi connectivity index (χ2v) is 10.3. The van der Waals surface area contributed by atoms with Crippen molar-refractivity contribution >= 4 is 17.8 Å². The van der Waals surface area contributed by atoms with Crippen LogP contribution >= 0.6 is 0 Å². The highest BCUT2D eigenvalue weighted by Crippen LogP contribution is 2.59. The summed E-state index contributed by atoms with van der Waals surface area (Å²) in [6.45, 7) is 4.17. The van der Waals surface area contributed by atoms with Crippen molar-refractivity contribution in [3.05, 3.63) is 24.3 Å². The highest BCUT2D eigenvalue weighted by atomic mass is 16.6. The van der Waals surface area contributed by atoms with Crippen molar-refractivity contribution in [2.45, 2.75) is 88.1 Å². The fourth-order valence-corrected chi connectivity index (χ4v) is 7.08. The lowest BCUT2D eigenvalue weighted by atomic mass is 9.73. The number of amides is 2. The second kappa shape index (κ2) is 8.79. The van der Waals surface area contributed by atoms with E-state index in [2.05, 4.69) is 0 Å². The second-order valence-electron chi connectivity index (χ2n) is 10.3. The van der Waals surface area contributed by atoms with Gasteiger partial charge in [-0.1, -0.05) is 51.3 Å². The number of hydrogen-bond acceptors (Lipinski definition) is 6. The molecule has 1 saturated carbocycles. The van der Waals surface area contributed by atoms with Crippen molar-refractivity contribution < 1.29 is 29.0 Å². The van der Waals surface area contributed by atoms with Crippen LogP contribution in [0.25, 0.3) is 0 Å². The van der Waals surface area contributed by atoms with Gasteiger partial charge in [0.05, 0.1) is 18.6 Å². The Morgan fingerprint density at radius 1 is 1.06 bits per heavy atom. The minimum atomic E-state index is -1.28. The summed E-state index contributed by atoms with van der Waals surface area (Å²) in [5.74, 6) is -2.62. The summed E-state index contributed by atoms with van der Waals surface area (Å²) in [4.78, 5) is 45.1. The van der Waals surface area contributed by atoms with Crippen molar-refractivity contribution in [3.8, 4) is 0 Å². The Balaban J connectivity index is 1.65. The van der Waals surface area contributed by atoms with Crippen LogP contribution in [0.5, 0.6) is 0 Å². The van der Waals surface area contributed by atoms with Crippen molar-refractivity contribution in [1.82, 2.24) is 9.80 Å². The summed E-state index contributed by atoms with van der Waals surface area (Å²) in [5.41, 5.74) is -2.29. The average Bonchev–Trinajstić information content (AvgIpc) is 3.13. The molecule has 5 rings (SSSR count). The summed E-state index contributed by atoms with van der Waals surface area (Å²) in [7, 11) is 0. The molecule has 0 radical (unpaired) electrons. The number of rotatable bonds is 5. The number of cyclic esters (lactones) is 1. The van der Waals surface area contributed by atoms with Gasteiger partial charge in [-0.15, -0.1) is 0 Å². The lowest BCUT2D eigenvalue weighted by Gasteiger charge is -2.42. The average molecular weight is 473 g/mol. The number of likely N-dealkylation sites (tertiary alicyclic amines) is 1. The topological polar surface area (TPSA) is 96.4 Å². The Hall–Kier alpha value is -2.19. The summed E-state index contributed by atoms with van der Waals surface area (Å²) in [6.07, 6.45) is 13.7. The van der Waals surface area contributed by atoms with E-state index in [-0.39, 0.29) is 31.1 Å². The summed E-state index contributed by atoms with van der Waals surface area (Å²) >= 11 is 0. The number of hydrogen-bond donors (Lipinski definition) is 1. The lowest BCUT2D eigenvalue weighted by Crippen LogP contribution is -2.60. The predicted molar refractivity (Wildman–Crippen MR) is 123 cm³/mol. The van der Waals surface area contributed by atoms with Gasteiger partial charge in [0.2, 0.25) is 11.8 Å². The number of aliphatic hydroxyl groups is 1. The predicted octanol–water partition coefficient (Wildman–Crippen LogP) is 1.96. The van der Waals surface area contributed by atoms with E-state index in [1.165, 1.54) is 6.42 Å². The molecule has 1 N–H and O–H groups in total. The number of carbonyl (C=O) groups is 3. The fraction of sp³-hybridized carbons (Fsp3) is 0.731. The van der Waals surface area contributed by atoms with Crippen LogP contribution < -0.4 is 0 Å². The molecule has 8 nitrogen and oxygen atoms in total. The lowest BCUT2D eigenvalue weighted by molar-refractivity contribution is -0.162. The first-order valence-corrected chi connectivity index (χ1v) is 12.9. The molecule has 0 aromatic carbocycles. The number of ether oxygens (including phenoxy) is 2. The van der Waals surface area contributed by atoms with E-state index < -0.39 is 41.1 Å². The minimum Gasteiger partial charge on any atom is -0.461 e. The van der Waals surface area contributed by atoms with Crippen LogP contribution in [0.1, 0.15) is 58.8 Å². The van der Waals surface area contributed by atoms with Crippen LogP contribution in [0, 0.1) is 11.8 Å². The minimum absolute atomic E-state index is 0.128. The van der Waals surface area contributed by atoms with E-state index in [1.54, 1.807) is 11.0 Å². The molecule has 0 aromatic heterocycles. The largest absolute Gasteiger partial charge is 0.461 e. The van der Waals surface area contributed by atoms with E-state index in [1.807, 2.05) is 37.0 Å². The molecular weight excluding hydrogens is 436 g/mol. The van der Waals surface area contributed by atoms with Gasteiger partial charge in [0, 0.05) is 12.6 Å². The van der Waals surface area contributed by atoms with Crippen molar-refractivity contribution in [2.75, 3.05) is 19.8 Å². The molecular formula is C26H36N2O6. The highest BCUT2D eigenvalue weighted by Gasteiger charge is 2.76. The molecule has 2 amide bonds.